The van der Waals surface area contributed by atoms with E-state index in [-0.39, 0.29) is 17.4 Å². The van der Waals surface area contributed by atoms with Crippen LogP contribution in [0.25, 0.3) is 0 Å². The highest BCUT2D eigenvalue weighted by Crippen LogP contribution is 2.17. The Hall–Kier alpha value is -1.31. The van der Waals surface area contributed by atoms with Crippen molar-refractivity contribution in [3.05, 3.63) is 35.4 Å². The largest absolute Gasteiger partial charge is 0.351 e. The van der Waals surface area contributed by atoms with Gasteiger partial charge in [-0.2, -0.15) is 0 Å². The van der Waals surface area contributed by atoms with Crippen LogP contribution in [0.3, 0.4) is 0 Å². The highest BCUT2D eigenvalue weighted by atomic mass is 16.2. The van der Waals surface area contributed by atoms with E-state index >= 15 is 0 Å². The molecule has 0 saturated carbocycles. The molecule has 1 unspecified atom stereocenters. The first-order valence-electron chi connectivity index (χ1n) is 5.68. The van der Waals surface area contributed by atoms with Gasteiger partial charge in [0.15, 0.2) is 0 Å². The molecule has 2 nitrogen and oxygen atoms in total. The second-order valence-corrected chi connectivity index (χ2v) is 5.37. The predicted molar refractivity (Wildman–Crippen MR) is 67.5 cm³/mol. The lowest BCUT2D eigenvalue weighted by Crippen LogP contribution is -2.42. The maximum atomic E-state index is 11.9. The molecule has 2 heteroatoms. The van der Waals surface area contributed by atoms with Crippen LogP contribution >= 0.6 is 0 Å². The first-order chi connectivity index (χ1) is 7.29. The fraction of sp³-hybridized carbons (Fsp3) is 0.500. The van der Waals surface area contributed by atoms with Crippen molar-refractivity contribution in [1.82, 2.24) is 5.32 Å². The molecule has 0 aromatic heterocycles. The summed E-state index contributed by atoms with van der Waals surface area (Å²) in [7, 11) is 0. The molecule has 1 aromatic carbocycles. The molecule has 1 amide bonds. The Bertz CT molecular complexity index is 359. The van der Waals surface area contributed by atoms with Gasteiger partial charge in [0.25, 0.3) is 0 Å². The number of carbonyl (C=O) groups excluding carboxylic acids is 1. The minimum atomic E-state index is -0.171. The number of hydrogen-bond acceptors (Lipinski definition) is 1. The maximum Gasteiger partial charge on any atom is 0.227 e. The maximum absolute atomic E-state index is 11.9. The van der Waals surface area contributed by atoms with Crippen LogP contribution in [0.4, 0.5) is 0 Å². The van der Waals surface area contributed by atoms with E-state index in [0.29, 0.717) is 0 Å². The lowest BCUT2D eigenvalue weighted by Gasteiger charge is -2.23. The summed E-state index contributed by atoms with van der Waals surface area (Å²) in [6.45, 7) is 9.96. The number of hydrogen-bond donors (Lipinski definition) is 1. The van der Waals surface area contributed by atoms with Crippen molar-refractivity contribution in [2.75, 3.05) is 0 Å². The third kappa shape index (κ3) is 3.69. The van der Waals surface area contributed by atoms with Crippen molar-refractivity contribution >= 4 is 5.91 Å². The molecule has 0 bridgehead atoms. The first-order valence-corrected chi connectivity index (χ1v) is 5.68. The topological polar surface area (TPSA) is 29.1 Å². The van der Waals surface area contributed by atoms with Gasteiger partial charge in [-0.25, -0.2) is 0 Å². The molecular weight excluding hydrogens is 198 g/mol. The first kappa shape index (κ1) is 12.8. The Morgan fingerprint density at radius 2 is 1.69 bits per heavy atom. The van der Waals surface area contributed by atoms with Crippen LogP contribution in [-0.4, -0.2) is 11.4 Å². The zero-order valence-electron chi connectivity index (χ0n) is 10.8. The molecule has 1 rings (SSSR count). The van der Waals surface area contributed by atoms with E-state index in [1.54, 1.807) is 0 Å². The standard InChI is InChI=1S/C14H21NO/c1-10-6-8-12(9-7-10)11(2)13(16)15-14(3,4)5/h6-9,11H,1-5H3,(H,15,16). The molecule has 16 heavy (non-hydrogen) atoms. The van der Waals surface area contributed by atoms with Gasteiger partial charge in [0.1, 0.15) is 0 Å². The molecule has 0 aliphatic heterocycles. The fourth-order valence-electron chi connectivity index (χ4n) is 1.48. The summed E-state index contributed by atoms with van der Waals surface area (Å²) in [5.74, 6) is -0.0174. The van der Waals surface area contributed by atoms with Crippen molar-refractivity contribution in [2.24, 2.45) is 0 Å². The molecule has 1 atom stereocenters. The Morgan fingerprint density at radius 3 is 2.12 bits per heavy atom. The van der Waals surface area contributed by atoms with Gasteiger partial charge in [-0.1, -0.05) is 29.8 Å². The number of benzene rings is 1. The van der Waals surface area contributed by atoms with E-state index < -0.39 is 0 Å². The summed E-state index contributed by atoms with van der Waals surface area (Å²) in [6.07, 6.45) is 0. The zero-order valence-corrected chi connectivity index (χ0v) is 10.8. The Labute approximate surface area is 98.1 Å². The molecule has 0 fully saturated rings. The third-order valence-corrected chi connectivity index (χ3v) is 2.47. The van der Waals surface area contributed by atoms with Gasteiger partial charge in [-0.15, -0.1) is 0 Å². The molecular formula is C14H21NO. The van der Waals surface area contributed by atoms with Crippen molar-refractivity contribution in [3.8, 4) is 0 Å². The van der Waals surface area contributed by atoms with Crippen LogP contribution in [0.15, 0.2) is 24.3 Å². The molecule has 0 aliphatic carbocycles. The molecule has 0 heterocycles. The lowest BCUT2D eigenvalue weighted by molar-refractivity contribution is -0.123. The van der Waals surface area contributed by atoms with Crippen molar-refractivity contribution in [2.45, 2.75) is 46.1 Å². The fourth-order valence-corrected chi connectivity index (χ4v) is 1.48. The van der Waals surface area contributed by atoms with Crippen molar-refractivity contribution in [1.29, 1.82) is 0 Å². The summed E-state index contributed by atoms with van der Waals surface area (Å²) in [5.41, 5.74) is 2.11. The van der Waals surface area contributed by atoms with Crippen LogP contribution in [-0.2, 0) is 4.79 Å². The minimum Gasteiger partial charge on any atom is -0.351 e. The highest BCUT2D eigenvalue weighted by molar-refractivity contribution is 5.83. The average molecular weight is 219 g/mol. The smallest absolute Gasteiger partial charge is 0.227 e. The SMILES string of the molecule is Cc1ccc(C(C)C(=O)NC(C)(C)C)cc1. The van der Waals surface area contributed by atoms with E-state index in [1.165, 1.54) is 5.56 Å². The Kier molecular flexibility index (Phi) is 3.74. The van der Waals surface area contributed by atoms with Gasteiger partial charge in [-0.3, -0.25) is 4.79 Å². The molecule has 1 aromatic rings. The predicted octanol–water partition coefficient (Wildman–Crippen LogP) is 3.01. The van der Waals surface area contributed by atoms with E-state index in [2.05, 4.69) is 5.32 Å². The number of amides is 1. The summed E-state index contributed by atoms with van der Waals surface area (Å²) >= 11 is 0. The van der Waals surface area contributed by atoms with Gasteiger partial charge in [-0.05, 0) is 40.2 Å². The second-order valence-electron chi connectivity index (χ2n) is 5.37. The zero-order chi connectivity index (χ0) is 12.3. The second kappa shape index (κ2) is 4.69. The lowest BCUT2D eigenvalue weighted by atomic mass is 9.98. The quantitative estimate of drug-likeness (QED) is 0.814. The number of aryl methyl sites for hydroxylation is 1. The van der Waals surface area contributed by atoms with Gasteiger partial charge in [0, 0.05) is 5.54 Å². The van der Waals surface area contributed by atoms with Crippen LogP contribution < -0.4 is 5.32 Å². The molecule has 0 spiro atoms. The molecule has 1 N–H and O–H groups in total. The molecule has 0 saturated heterocycles. The van der Waals surface area contributed by atoms with Gasteiger partial charge >= 0.3 is 0 Å². The van der Waals surface area contributed by atoms with E-state index in [4.69, 9.17) is 0 Å². The normalized spacial score (nSPS) is 13.3. The van der Waals surface area contributed by atoms with Crippen LogP contribution in [0.2, 0.25) is 0 Å². The van der Waals surface area contributed by atoms with E-state index in [1.807, 2.05) is 58.9 Å². The number of nitrogens with one attached hydrogen (secondary N) is 1. The Balaban J connectivity index is 2.74. The number of rotatable bonds is 2. The summed E-state index contributed by atoms with van der Waals surface area (Å²) in [5, 5.41) is 2.99. The number of carbonyl (C=O) groups is 1. The highest BCUT2D eigenvalue weighted by Gasteiger charge is 2.20. The minimum absolute atomic E-state index is 0.0800. The van der Waals surface area contributed by atoms with Crippen LogP contribution in [0.1, 0.15) is 44.7 Å². The van der Waals surface area contributed by atoms with Crippen LogP contribution in [0.5, 0.6) is 0 Å². The summed E-state index contributed by atoms with van der Waals surface area (Å²) in [4.78, 5) is 11.9. The molecule has 88 valence electrons. The third-order valence-electron chi connectivity index (χ3n) is 2.47. The van der Waals surface area contributed by atoms with Crippen molar-refractivity contribution in [3.63, 3.8) is 0 Å². The monoisotopic (exact) mass is 219 g/mol. The van der Waals surface area contributed by atoms with Crippen LogP contribution in [0, 0.1) is 6.92 Å². The molecule has 0 aliphatic rings. The van der Waals surface area contributed by atoms with E-state index in [9.17, 15) is 4.79 Å². The molecule has 0 radical (unpaired) electrons. The summed E-state index contributed by atoms with van der Waals surface area (Å²) < 4.78 is 0. The van der Waals surface area contributed by atoms with Gasteiger partial charge in [0.2, 0.25) is 5.91 Å². The summed E-state index contributed by atoms with van der Waals surface area (Å²) in [6, 6.07) is 8.11. The van der Waals surface area contributed by atoms with E-state index in [0.717, 1.165) is 5.56 Å². The Morgan fingerprint density at radius 1 is 1.19 bits per heavy atom. The van der Waals surface area contributed by atoms with Gasteiger partial charge in [0.05, 0.1) is 5.92 Å². The van der Waals surface area contributed by atoms with Crippen molar-refractivity contribution < 1.29 is 4.79 Å². The average Bonchev–Trinajstić information content (AvgIpc) is 2.15. The van der Waals surface area contributed by atoms with Gasteiger partial charge < -0.3 is 5.32 Å².